The highest BCUT2D eigenvalue weighted by atomic mass is 16.6. The van der Waals surface area contributed by atoms with E-state index in [1.54, 1.807) is 11.9 Å². The molecule has 7 nitrogen and oxygen atoms in total. The molecule has 0 radical (unpaired) electrons. The minimum Gasteiger partial charge on any atom is -0.444 e. The molecule has 2 N–H and O–H groups in total. The van der Waals surface area contributed by atoms with Gasteiger partial charge in [-0.3, -0.25) is 9.69 Å². The second kappa shape index (κ2) is 10.00. The number of aromatic nitrogens is 2. The average molecular weight is 529 g/mol. The lowest BCUT2D eigenvalue weighted by Crippen LogP contribution is -2.46. The van der Waals surface area contributed by atoms with Crippen molar-refractivity contribution in [2.24, 2.45) is 29.6 Å². The number of hydrogen-bond acceptors (Lipinski definition) is 4. The molecule has 4 saturated carbocycles. The number of carbonyl (C=O) groups excluding carboxylic acids is 2. The number of H-pyrrole nitrogens is 1. The van der Waals surface area contributed by atoms with E-state index in [2.05, 4.69) is 10.3 Å². The number of imidazole rings is 1. The van der Waals surface area contributed by atoms with Crippen LogP contribution in [-0.2, 0) is 9.53 Å². The van der Waals surface area contributed by atoms with Gasteiger partial charge in [0.15, 0.2) is 0 Å². The number of rotatable bonds is 6. The summed E-state index contributed by atoms with van der Waals surface area (Å²) in [4.78, 5) is 36.0. The topological polar surface area (TPSA) is 87.3 Å². The Kier molecular flexibility index (Phi) is 6.64. The van der Waals surface area contributed by atoms with E-state index < -0.39 is 17.7 Å². The molecule has 39 heavy (non-hydrogen) atoms. The number of amides is 2. The van der Waals surface area contributed by atoms with Gasteiger partial charge in [-0.2, -0.15) is 0 Å². The van der Waals surface area contributed by atoms with Crippen molar-refractivity contribution < 1.29 is 14.3 Å². The molecule has 4 fully saturated rings. The van der Waals surface area contributed by atoms with Crippen molar-refractivity contribution in [3.63, 3.8) is 0 Å². The van der Waals surface area contributed by atoms with E-state index in [4.69, 9.17) is 9.72 Å². The maximum atomic E-state index is 13.1. The van der Waals surface area contributed by atoms with Gasteiger partial charge in [0.2, 0.25) is 5.91 Å². The molecule has 4 bridgehead atoms. The predicted octanol–water partition coefficient (Wildman–Crippen LogP) is 6.92. The zero-order valence-corrected chi connectivity index (χ0v) is 23.4. The molecule has 4 aliphatic rings. The third kappa shape index (κ3) is 5.41. The van der Waals surface area contributed by atoms with Gasteiger partial charge in [0, 0.05) is 19.2 Å². The minimum absolute atomic E-state index is 0.106. The van der Waals surface area contributed by atoms with Crippen LogP contribution in [-0.4, -0.2) is 39.5 Å². The molecule has 2 aromatic carbocycles. The number of ether oxygens (including phenoxy) is 1. The molecule has 1 aromatic heterocycles. The maximum Gasteiger partial charge on any atom is 0.410 e. The second-order valence-electron chi connectivity index (χ2n) is 13.1. The fraction of sp³-hybridized carbons (Fsp3) is 0.531. The van der Waals surface area contributed by atoms with Crippen LogP contribution >= 0.6 is 0 Å². The van der Waals surface area contributed by atoms with Gasteiger partial charge >= 0.3 is 6.09 Å². The van der Waals surface area contributed by atoms with Gasteiger partial charge in [0.1, 0.15) is 17.5 Å². The van der Waals surface area contributed by atoms with Crippen molar-refractivity contribution in [1.29, 1.82) is 0 Å². The molecule has 206 valence electrons. The van der Waals surface area contributed by atoms with E-state index in [0.717, 1.165) is 46.0 Å². The molecule has 0 spiro atoms. The molecular formula is C32H40N4O3. The Hall–Kier alpha value is -3.35. The Morgan fingerprint density at radius 1 is 1.03 bits per heavy atom. The third-order valence-electron chi connectivity index (χ3n) is 9.07. The average Bonchev–Trinajstić information content (AvgIpc) is 3.28. The van der Waals surface area contributed by atoms with Gasteiger partial charge in [-0.05, 0) is 106 Å². The monoisotopic (exact) mass is 528 g/mol. The summed E-state index contributed by atoms with van der Waals surface area (Å²) in [5.74, 6) is 4.58. The van der Waals surface area contributed by atoms with E-state index in [1.165, 1.54) is 32.1 Å². The zero-order chi connectivity index (χ0) is 27.3. The predicted molar refractivity (Wildman–Crippen MR) is 152 cm³/mol. The van der Waals surface area contributed by atoms with Crippen LogP contribution in [0.25, 0.3) is 11.0 Å². The fourth-order valence-corrected chi connectivity index (χ4v) is 7.67. The van der Waals surface area contributed by atoms with E-state index in [9.17, 15) is 9.59 Å². The van der Waals surface area contributed by atoms with E-state index in [-0.39, 0.29) is 5.91 Å². The molecule has 7 rings (SSSR count). The van der Waals surface area contributed by atoms with E-state index >= 15 is 0 Å². The van der Waals surface area contributed by atoms with Crippen molar-refractivity contribution in [3.8, 4) is 0 Å². The highest BCUT2D eigenvalue weighted by Crippen LogP contribution is 2.57. The normalized spacial score (nSPS) is 26.4. The van der Waals surface area contributed by atoms with Crippen LogP contribution < -0.4 is 5.32 Å². The third-order valence-corrected chi connectivity index (χ3v) is 9.07. The van der Waals surface area contributed by atoms with Crippen LogP contribution in [0.3, 0.4) is 0 Å². The lowest BCUT2D eigenvalue weighted by atomic mass is 9.51. The fourth-order valence-electron chi connectivity index (χ4n) is 7.67. The first-order valence-electron chi connectivity index (χ1n) is 14.4. The first-order chi connectivity index (χ1) is 18.6. The minimum atomic E-state index is -0.607. The van der Waals surface area contributed by atoms with Crippen LogP contribution in [0.5, 0.6) is 0 Å². The molecule has 1 heterocycles. The number of carbonyl (C=O) groups is 2. The first kappa shape index (κ1) is 25.9. The number of benzene rings is 2. The Labute approximate surface area is 230 Å². The molecule has 0 aliphatic heterocycles. The highest BCUT2D eigenvalue weighted by molar-refractivity contribution is 5.93. The largest absolute Gasteiger partial charge is 0.444 e. The molecule has 2 amide bonds. The second-order valence-corrected chi connectivity index (χ2v) is 13.1. The molecule has 7 heteroatoms. The number of hydrogen-bond donors (Lipinski definition) is 2. The van der Waals surface area contributed by atoms with Gasteiger partial charge in [-0.15, -0.1) is 0 Å². The van der Waals surface area contributed by atoms with Gasteiger partial charge in [0.25, 0.3) is 0 Å². The van der Waals surface area contributed by atoms with Crippen molar-refractivity contribution in [3.05, 3.63) is 59.9 Å². The van der Waals surface area contributed by atoms with Crippen molar-refractivity contribution in [2.45, 2.75) is 70.9 Å². The van der Waals surface area contributed by atoms with Crippen LogP contribution in [0.15, 0.2) is 48.5 Å². The Balaban J connectivity index is 1.20. The quantitative estimate of drug-likeness (QED) is 0.364. The summed E-state index contributed by atoms with van der Waals surface area (Å²) in [7, 11) is 1.73. The van der Waals surface area contributed by atoms with Gasteiger partial charge in [-0.1, -0.05) is 30.3 Å². The molecule has 0 saturated heterocycles. The van der Waals surface area contributed by atoms with Crippen LogP contribution in [0.1, 0.15) is 76.7 Å². The molecular weight excluding hydrogens is 488 g/mol. The van der Waals surface area contributed by atoms with Crippen LogP contribution in [0.4, 0.5) is 10.5 Å². The molecule has 4 aliphatic carbocycles. The standard InChI is InChI=1S/C32H40N4O3/c1-32(2,3)39-31(38)36(4)29(21-8-6-5-7-9-21)30-34-26-11-10-24(17-27(26)35-30)33-28(37)18-25-22-13-19-12-20(15-22)16-23(25)14-19/h5-11,17,19-20,22-23,25,29H,12-16,18H2,1-4H3,(H,33,37)(H,34,35). The number of anilines is 1. The zero-order valence-electron chi connectivity index (χ0n) is 23.4. The molecule has 1 atom stereocenters. The number of aromatic amines is 1. The number of nitrogens with one attached hydrogen (secondary N) is 2. The lowest BCUT2D eigenvalue weighted by molar-refractivity contribution is -0.121. The summed E-state index contributed by atoms with van der Waals surface area (Å²) in [5, 5.41) is 3.15. The van der Waals surface area contributed by atoms with Gasteiger partial charge in [0.05, 0.1) is 11.0 Å². The maximum absolute atomic E-state index is 13.1. The summed E-state index contributed by atoms with van der Waals surface area (Å²) >= 11 is 0. The van der Waals surface area contributed by atoms with Gasteiger partial charge < -0.3 is 15.0 Å². The first-order valence-corrected chi connectivity index (χ1v) is 14.4. The summed E-state index contributed by atoms with van der Waals surface area (Å²) in [5.41, 5.74) is 2.67. The summed E-state index contributed by atoms with van der Waals surface area (Å²) < 4.78 is 5.66. The highest BCUT2D eigenvalue weighted by Gasteiger charge is 2.48. The Bertz CT molecular complexity index is 1330. The number of fused-ring (bicyclic) bond motifs is 1. The SMILES string of the molecule is CN(C(=O)OC(C)(C)C)C(c1ccccc1)c1nc2cc(NC(=O)CC3C4CC5CC(C4)CC3C5)ccc2[nH]1. The van der Waals surface area contributed by atoms with Crippen molar-refractivity contribution in [1.82, 2.24) is 14.9 Å². The number of nitrogens with zero attached hydrogens (tertiary/aromatic N) is 2. The summed E-state index contributed by atoms with van der Waals surface area (Å²) in [6.07, 6.45) is 6.93. The van der Waals surface area contributed by atoms with E-state index in [0.29, 0.717) is 18.2 Å². The van der Waals surface area contributed by atoms with Crippen LogP contribution in [0.2, 0.25) is 0 Å². The summed E-state index contributed by atoms with van der Waals surface area (Å²) in [6, 6.07) is 15.1. The van der Waals surface area contributed by atoms with Crippen LogP contribution in [0, 0.1) is 29.6 Å². The van der Waals surface area contributed by atoms with E-state index in [1.807, 2.05) is 69.3 Å². The Morgan fingerprint density at radius 3 is 2.33 bits per heavy atom. The molecule has 1 unspecified atom stereocenters. The van der Waals surface area contributed by atoms with Crippen molar-refractivity contribution >= 4 is 28.7 Å². The summed E-state index contributed by atoms with van der Waals surface area (Å²) in [6.45, 7) is 5.57. The van der Waals surface area contributed by atoms with Crippen molar-refractivity contribution in [2.75, 3.05) is 12.4 Å². The Morgan fingerprint density at radius 2 is 1.69 bits per heavy atom. The lowest BCUT2D eigenvalue weighted by Gasteiger charge is -2.54. The van der Waals surface area contributed by atoms with Gasteiger partial charge in [-0.25, -0.2) is 9.78 Å². The molecule has 3 aromatic rings. The smallest absolute Gasteiger partial charge is 0.410 e.